The number of nitrogens with zero attached hydrogens (tertiary/aromatic N) is 1. The molecule has 1 unspecified atom stereocenters. The van der Waals surface area contributed by atoms with Crippen LogP contribution in [0, 0.1) is 6.92 Å². The molecule has 0 saturated carbocycles. The number of fused-ring (bicyclic) bond motifs is 1. The third kappa shape index (κ3) is 4.54. The predicted octanol–water partition coefficient (Wildman–Crippen LogP) is 7.99. The Morgan fingerprint density at radius 3 is 2.14 bits per heavy atom. The maximum atomic E-state index is 13.7. The number of hydrogen-bond donors (Lipinski definition) is 1. The van der Waals surface area contributed by atoms with Crippen molar-refractivity contribution in [1.82, 2.24) is 4.98 Å². The summed E-state index contributed by atoms with van der Waals surface area (Å²) in [5.74, 6) is 0. The van der Waals surface area contributed by atoms with Crippen LogP contribution in [-0.4, -0.2) is 9.19 Å². The zero-order valence-corrected chi connectivity index (χ0v) is 22.0. The maximum Gasteiger partial charge on any atom is 0.127 e. The zero-order valence-electron chi connectivity index (χ0n) is 20.3. The van der Waals surface area contributed by atoms with E-state index in [0.29, 0.717) is 9.90 Å². The minimum absolute atomic E-state index is 0.0392. The first kappa shape index (κ1) is 23.5. The SMILES string of the molecule is Cc1ccc(-c2cc(-c3ccccc3)c3c(N)c(S(=O)c4ccc(C(C)(C)C)cc4)sc3n2)cc1. The van der Waals surface area contributed by atoms with Gasteiger partial charge < -0.3 is 5.73 Å². The average molecular weight is 497 g/mol. The average Bonchev–Trinajstić information content (AvgIpc) is 3.20. The van der Waals surface area contributed by atoms with Gasteiger partial charge in [0.15, 0.2) is 0 Å². The fraction of sp³-hybridized carbons (Fsp3) is 0.167. The third-order valence-electron chi connectivity index (χ3n) is 6.20. The molecule has 2 aromatic heterocycles. The van der Waals surface area contributed by atoms with Gasteiger partial charge in [-0.3, -0.25) is 0 Å². The summed E-state index contributed by atoms with van der Waals surface area (Å²) in [6, 6.07) is 28.7. The molecular weight excluding hydrogens is 468 g/mol. The standard InChI is InChI=1S/C30H28N2OS2/c1-19-10-12-21(13-11-19)25-18-24(20-8-6-5-7-9-20)26-27(31)29(34-28(26)32-25)35(33)23-16-14-22(15-17-23)30(2,3)4/h5-18H,31H2,1-4H3. The second kappa shape index (κ2) is 9.06. The maximum absolute atomic E-state index is 13.7. The number of benzene rings is 3. The van der Waals surface area contributed by atoms with Gasteiger partial charge in [0.05, 0.1) is 22.2 Å². The number of anilines is 1. The van der Waals surface area contributed by atoms with Crippen LogP contribution < -0.4 is 5.73 Å². The highest BCUT2D eigenvalue weighted by molar-refractivity contribution is 7.87. The second-order valence-corrected chi connectivity index (χ2v) is 12.5. The largest absolute Gasteiger partial charge is 0.396 e. The van der Waals surface area contributed by atoms with Crippen molar-refractivity contribution >= 4 is 38.0 Å². The Labute approximate surface area is 213 Å². The molecule has 0 radical (unpaired) electrons. The van der Waals surface area contributed by atoms with Crippen molar-refractivity contribution < 1.29 is 4.21 Å². The smallest absolute Gasteiger partial charge is 0.127 e. The molecule has 5 heteroatoms. The summed E-state index contributed by atoms with van der Waals surface area (Å²) in [6.45, 7) is 8.59. The molecule has 0 bridgehead atoms. The van der Waals surface area contributed by atoms with Crippen LogP contribution >= 0.6 is 11.3 Å². The van der Waals surface area contributed by atoms with E-state index in [-0.39, 0.29) is 5.41 Å². The van der Waals surface area contributed by atoms with Gasteiger partial charge in [-0.2, -0.15) is 0 Å². The molecule has 0 aliphatic heterocycles. The topological polar surface area (TPSA) is 56.0 Å². The monoisotopic (exact) mass is 496 g/mol. The van der Waals surface area contributed by atoms with Crippen molar-refractivity contribution in [2.24, 2.45) is 0 Å². The Hall–Kier alpha value is -3.28. The Morgan fingerprint density at radius 2 is 1.51 bits per heavy atom. The number of nitrogen functional groups attached to an aromatic ring is 1. The van der Waals surface area contributed by atoms with Crippen LogP contribution in [0.3, 0.4) is 0 Å². The first-order chi connectivity index (χ1) is 16.7. The van der Waals surface area contributed by atoms with Crippen molar-refractivity contribution in [3.05, 3.63) is 96.1 Å². The van der Waals surface area contributed by atoms with Gasteiger partial charge in [0.1, 0.15) is 9.04 Å². The quantitative estimate of drug-likeness (QED) is 0.274. The molecule has 3 nitrogen and oxygen atoms in total. The van der Waals surface area contributed by atoms with Gasteiger partial charge in [0, 0.05) is 15.8 Å². The molecule has 1 atom stereocenters. The molecule has 0 aliphatic carbocycles. The van der Waals surface area contributed by atoms with E-state index >= 15 is 0 Å². The minimum Gasteiger partial charge on any atom is -0.396 e. The summed E-state index contributed by atoms with van der Waals surface area (Å²) >= 11 is 1.42. The van der Waals surface area contributed by atoms with Crippen molar-refractivity contribution in [1.29, 1.82) is 0 Å². The Bertz CT molecular complexity index is 1530. The lowest BCUT2D eigenvalue weighted by Crippen LogP contribution is -2.10. The van der Waals surface area contributed by atoms with Crippen LogP contribution in [0.1, 0.15) is 31.9 Å². The van der Waals surface area contributed by atoms with Gasteiger partial charge in [-0.25, -0.2) is 9.19 Å². The summed E-state index contributed by atoms with van der Waals surface area (Å²) in [5.41, 5.74) is 13.7. The molecule has 0 amide bonds. The first-order valence-corrected chi connectivity index (χ1v) is 13.6. The highest BCUT2D eigenvalue weighted by Crippen LogP contribution is 2.43. The predicted molar refractivity (Wildman–Crippen MR) is 149 cm³/mol. The summed E-state index contributed by atoms with van der Waals surface area (Å²) in [4.78, 5) is 6.52. The van der Waals surface area contributed by atoms with E-state index in [1.807, 2.05) is 30.3 Å². The van der Waals surface area contributed by atoms with Crippen LogP contribution in [0.15, 0.2) is 94.0 Å². The first-order valence-electron chi connectivity index (χ1n) is 11.6. The summed E-state index contributed by atoms with van der Waals surface area (Å²) in [7, 11) is -1.39. The molecular formula is C30H28N2OS2. The molecule has 0 aliphatic rings. The lowest BCUT2D eigenvalue weighted by atomic mass is 9.87. The fourth-order valence-electron chi connectivity index (χ4n) is 4.14. The number of nitrogens with two attached hydrogens (primary N) is 1. The van der Waals surface area contributed by atoms with Crippen LogP contribution in [0.5, 0.6) is 0 Å². The number of pyridine rings is 1. The molecule has 0 saturated heterocycles. The van der Waals surface area contributed by atoms with E-state index < -0.39 is 10.8 Å². The summed E-state index contributed by atoms with van der Waals surface area (Å²) in [5, 5.41) is 0.867. The normalized spacial score (nSPS) is 12.7. The Kier molecular flexibility index (Phi) is 6.07. The molecule has 2 N–H and O–H groups in total. The van der Waals surface area contributed by atoms with Gasteiger partial charge >= 0.3 is 0 Å². The van der Waals surface area contributed by atoms with Gasteiger partial charge in [-0.1, -0.05) is 93.1 Å². The fourth-order valence-corrected chi connectivity index (χ4v) is 6.72. The number of hydrogen-bond acceptors (Lipinski definition) is 4. The third-order valence-corrected chi connectivity index (χ3v) is 9.06. The Morgan fingerprint density at radius 1 is 0.857 bits per heavy atom. The van der Waals surface area contributed by atoms with E-state index in [2.05, 4.69) is 82.3 Å². The van der Waals surface area contributed by atoms with E-state index in [4.69, 9.17) is 10.7 Å². The molecule has 0 fully saturated rings. The lowest BCUT2D eigenvalue weighted by molar-refractivity contribution is 0.589. The van der Waals surface area contributed by atoms with Gasteiger partial charge in [-0.05, 0) is 47.2 Å². The molecule has 176 valence electrons. The van der Waals surface area contributed by atoms with Crippen molar-refractivity contribution in [3.63, 3.8) is 0 Å². The van der Waals surface area contributed by atoms with Crippen LogP contribution in [0.2, 0.25) is 0 Å². The highest BCUT2D eigenvalue weighted by Gasteiger charge is 2.22. The number of thiophene rings is 1. The Balaban J connectivity index is 1.67. The van der Waals surface area contributed by atoms with Crippen molar-refractivity contribution in [2.45, 2.75) is 42.2 Å². The van der Waals surface area contributed by atoms with E-state index in [0.717, 1.165) is 37.5 Å². The molecule has 3 aromatic carbocycles. The van der Waals surface area contributed by atoms with Gasteiger partial charge in [0.25, 0.3) is 0 Å². The molecule has 5 aromatic rings. The lowest BCUT2D eigenvalue weighted by Gasteiger charge is -2.19. The van der Waals surface area contributed by atoms with E-state index in [1.54, 1.807) is 0 Å². The summed E-state index contributed by atoms with van der Waals surface area (Å²) in [6.07, 6.45) is 0. The number of aromatic nitrogens is 1. The van der Waals surface area contributed by atoms with Crippen LogP contribution in [0.4, 0.5) is 5.69 Å². The number of rotatable bonds is 4. The van der Waals surface area contributed by atoms with Crippen molar-refractivity contribution in [3.8, 4) is 22.4 Å². The molecule has 2 heterocycles. The summed E-state index contributed by atoms with van der Waals surface area (Å²) < 4.78 is 14.3. The van der Waals surface area contributed by atoms with Crippen LogP contribution in [0.25, 0.3) is 32.6 Å². The van der Waals surface area contributed by atoms with Gasteiger partial charge in [-0.15, -0.1) is 11.3 Å². The number of aryl methyl sites for hydroxylation is 1. The molecule has 0 spiro atoms. The second-order valence-electron chi connectivity index (χ2n) is 9.81. The van der Waals surface area contributed by atoms with Gasteiger partial charge in [0.2, 0.25) is 0 Å². The van der Waals surface area contributed by atoms with E-state index in [9.17, 15) is 4.21 Å². The molecule has 35 heavy (non-hydrogen) atoms. The zero-order chi connectivity index (χ0) is 24.7. The van der Waals surface area contributed by atoms with E-state index in [1.165, 1.54) is 22.5 Å². The highest BCUT2D eigenvalue weighted by atomic mass is 32.2. The van der Waals surface area contributed by atoms with Crippen molar-refractivity contribution in [2.75, 3.05) is 5.73 Å². The molecule has 5 rings (SSSR count). The van der Waals surface area contributed by atoms with Crippen LogP contribution in [-0.2, 0) is 16.2 Å². The minimum atomic E-state index is -1.39.